The van der Waals surface area contributed by atoms with Crippen LogP contribution in [0, 0.1) is 0 Å². The van der Waals surface area contributed by atoms with Crippen LogP contribution in [0.25, 0.3) is 22.3 Å². The van der Waals surface area contributed by atoms with Crippen LogP contribution >= 0.6 is 0 Å². The zero-order valence-electron chi connectivity index (χ0n) is 18.0. The van der Waals surface area contributed by atoms with E-state index < -0.39 is 10.0 Å². The maximum Gasteiger partial charge on any atom is 0.240 e. The topological polar surface area (TPSA) is 84.4 Å². The van der Waals surface area contributed by atoms with Crippen LogP contribution in [0.15, 0.2) is 83.9 Å². The molecule has 0 unspecified atom stereocenters. The van der Waals surface area contributed by atoms with Crippen molar-refractivity contribution in [3.05, 3.63) is 84.6 Å². The quantitative estimate of drug-likeness (QED) is 0.473. The third-order valence-corrected chi connectivity index (χ3v) is 7.10. The van der Waals surface area contributed by atoms with Gasteiger partial charge in [-0.25, -0.2) is 18.1 Å². The Morgan fingerprint density at radius 3 is 2.42 bits per heavy atom. The van der Waals surface area contributed by atoms with Crippen molar-refractivity contribution < 1.29 is 13.2 Å². The number of morpholine rings is 1. The highest BCUT2D eigenvalue weighted by Gasteiger charge is 2.17. The zero-order chi connectivity index (χ0) is 22.7. The second-order valence-corrected chi connectivity index (χ2v) is 9.60. The first-order valence-electron chi connectivity index (χ1n) is 10.8. The molecule has 0 atom stereocenters. The second-order valence-electron chi connectivity index (χ2n) is 7.83. The molecular weight excluding hydrogens is 436 g/mol. The third kappa shape index (κ3) is 4.73. The minimum Gasteiger partial charge on any atom is -0.378 e. The van der Waals surface area contributed by atoms with Gasteiger partial charge in [-0.2, -0.15) is 0 Å². The van der Waals surface area contributed by atoms with Crippen LogP contribution in [-0.4, -0.2) is 44.7 Å². The number of hydrogen-bond donors (Lipinski definition) is 1. The summed E-state index contributed by atoms with van der Waals surface area (Å²) in [5, 5.41) is 0. The second kappa shape index (κ2) is 9.27. The van der Waals surface area contributed by atoms with Crippen molar-refractivity contribution in [2.75, 3.05) is 31.2 Å². The number of fused-ring (bicyclic) bond motifs is 1. The van der Waals surface area contributed by atoms with Crippen LogP contribution in [0.2, 0.25) is 0 Å². The average Bonchev–Trinajstić information content (AvgIpc) is 2.88. The number of nitrogens with zero attached hydrogens (tertiary/aromatic N) is 3. The van der Waals surface area contributed by atoms with Gasteiger partial charge < -0.3 is 9.64 Å². The number of anilines is 1. The molecule has 0 aliphatic carbocycles. The van der Waals surface area contributed by atoms with E-state index in [-0.39, 0.29) is 11.4 Å². The summed E-state index contributed by atoms with van der Waals surface area (Å²) in [6.45, 7) is 3.26. The molecular formula is C25H24N4O3S. The van der Waals surface area contributed by atoms with Crippen LogP contribution in [0.3, 0.4) is 0 Å². The van der Waals surface area contributed by atoms with Gasteiger partial charge in [-0.05, 0) is 35.9 Å². The summed E-state index contributed by atoms with van der Waals surface area (Å²) in [5.74, 6) is 0. The van der Waals surface area contributed by atoms with Crippen molar-refractivity contribution in [2.24, 2.45) is 0 Å². The molecule has 1 saturated heterocycles. The van der Waals surface area contributed by atoms with Crippen molar-refractivity contribution in [2.45, 2.75) is 11.4 Å². The van der Waals surface area contributed by atoms with Gasteiger partial charge in [0.1, 0.15) is 5.52 Å². The number of aromatic nitrogens is 2. The Labute approximate surface area is 193 Å². The SMILES string of the molecule is O=S(=O)(NCc1ccccc1)c1ccc(-c2ccc3nccc(N4CCOCC4)c3n2)cc1. The lowest BCUT2D eigenvalue weighted by Gasteiger charge is -2.29. The van der Waals surface area contributed by atoms with Gasteiger partial charge >= 0.3 is 0 Å². The van der Waals surface area contributed by atoms with E-state index in [9.17, 15) is 8.42 Å². The van der Waals surface area contributed by atoms with E-state index in [1.54, 1.807) is 30.5 Å². The number of pyridine rings is 2. The minimum atomic E-state index is -3.61. The molecule has 168 valence electrons. The molecule has 1 fully saturated rings. The summed E-state index contributed by atoms with van der Waals surface area (Å²) in [5.41, 5.74) is 5.21. The van der Waals surface area contributed by atoms with E-state index in [1.165, 1.54) is 0 Å². The summed E-state index contributed by atoms with van der Waals surface area (Å²) in [4.78, 5) is 11.8. The molecule has 0 amide bonds. The normalized spacial score (nSPS) is 14.5. The van der Waals surface area contributed by atoms with E-state index in [0.29, 0.717) is 13.2 Å². The number of rotatable bonds is 6. The van der Waals surface area contributed by atoms with E-state index in [0.717, 1.165) is 46.6 Å². The maximum absolute atomic E-state index is 12.7. The molecule has 2 aromatic carbocycles. The van der Waals surface area contributed by atoms with E-state index in [1.807, 2.05) is 48.5 Å². The lowest BCUT2D eigenvalue weighted by atomic mass is 10.1. The standard InChI is InChI=1S/C25H24N4O3S/c30-33(31,27-18-19-4-2-1-3-5-19)21-8-6-20(7-9-21)22-10-11-23-25(28-22)24(12-13-26-23)29-14-16-32-17-15-29/h1-13,27H,14-18H2. The first kappa shape index (κ1) is 21.5. The van der Waals surface area contributed by atoms with Crippen LogP contribution in [-0.2, 0) is 21.3 Å². The van der Waals surface area contributed by atoms with Crippen molar-refractivity contribution >= 4 is 26.7 Å². The largest absolute Gasteiger partial charge is 0.378 e. The first-order chi connectivity index (χ1) is 16.1. The smallest absolute Gasteiger partial charge is 0.240 e. The number of sulfonamides is 1. The van der Waals surface area contributed by atoms with Gasteiger partial charge in [0.15, 0.2) is 0 Å². The maximum atomic E-state index is 12.7. The predicted molar refractivity (Wildman–Crippen MR) is 128 cm³/mol. The summed E-state index contributed by atoms with van der Waals surface area (Å²) >= 11 is 0. The van der Waals surface area contributed by atoms with Gasteiger partial charge in [-0.3, -0.25) is 4.98 Å². The van der Waals surface area contributed by atoms with Gasteiger partial charge in [0.05, 0.1) is 35.0 Å². The molecule has 5 rings (SSSR count). The molecule has 8 heteroatoms. The summed E-state index contributed by atoms with van der Waals surface area (Å²) in [7, 11) is -3.61. The van der Waals surface area contributed by atoms with Crippen LogP contribution < -0.4 is 9.62 Å². The Morgan fingerprint density at radius 1 is 0.909 bits per heavy atom. The Hall–Kier alpha value is -3.33. The predicted octanol–water partition coefficient (Wildman–Crippen LogP) is 3.61. The summed E-state index contributed by atoms with van der Waals surface area (Å²) in [6, 6.07) is 22.1. The monoisotopic (exact) mass is 460 g/mol. The van der Waals surface area contributed by atoms with Gasteiger partial charge in [0.2, 0.25) is 10.0 Å². The number of nitrogens with one attached hydrogen (secondary N) is 1. The van der Waals surface area contributed by atoms with Crippen molar-refractivity contribution in [3.63, 3.8) is 0 Å². The fourth-order valence-electron chi connectivity index (χ4n) is 3.89. The molecule has 0 saturated carbocycles. The van der Waals surface area contributed by atoms with Crippen LogP contribution in [0.5, 0.6) is 0 Å². The number of hydrogen-bond acceptors (Lipinski definition) is 6. The highest BCUT2D eigenvalue weighted by molar-refractivity contribution is 7.89. The number of ether oxygens (including phenoxy) is 1. The average molecular weight is 461 g/mol. The lowest BCUT2D eigenvalue weighted by molar-refractivity contribution is 0.123. The van der Waals surface area contributed by atoms with Gasteiger partial charge in [0.25, 0.3) is 0 Å². The molecule has 1 aliphatic rings. The molecule has 2 aromatic heterocycles. The molecule has 7 nitrogen and oxygen atoms in total. The molecule has 33 heavy (non-hydrogen) atoms. The first-order valence-corrected chi connectivity index (χ1v) is 12.3. The molecule has 0 bridgehead atoms. The van der Waals surface area contributed by atoms with E-state index in [2.05, 4.69) is 14.6 Å². The molecule has 3 heterocycles. The summed E-state index contributed by atoms with van der Waals surface area (Å²) in [6.07, 6.45) is 1.80. The third-order valence-electron chi connectivity index (χ3n) is 5.68. The Morgan fingerprint density at radius 2 is 1.67 bits per heavy atom. The fraction of sp³-hybridized carbons (Fsp3) is 0.200. The van der Waals surface area contributed by atoms with Gasteiger partial charge in [-0.1, -0.05) is 42.5 Å². The molecule has 0 spiro atoms. The highest BCUT2D eigenvalue weighted by atomic mass is 32.2. The lowest BCUT2D eigenvalue weighted by Crippen LogP contribution is -2.36. The summed E-state index contributed by atoms with van der Waals surface area (Å²) < 4.78 is 33.5. The Bertz CT molecular complexity index is 1350. The zero-order valence-corrected chi connectivity index (χ0v) is 18.8. The molecule has 0 radical (unpaired) electrons. The van der Waals surface area contributed by atoms with Crippen molar-refractivity contribution in [1.82, 2.24) is 14.7 Å². The van der Waals surface area contributed by atoms with Gasteiger partial charge in [-0.15, -0.1) is 0 Å². The van der Waals surface area contributed by atoms with Gasteiger partial charge in [0, 0.05) is 31.4 Å². The van der Waals surface area contributed by atoms with Crippen LogP contribution in [0.4, 0.5) is 5.69 Å². The highest BCUT2D eigenvalue weighted by Crippen LogP contribution is 2.28. The van der Waals surface area contributed by atoms with E-state index >= 15 is 0 Å². The van der Waals surface area contributed by atoms with Crippen molar-refractivity contribution in [1.29, 1.82) is 0 Å². The molecule has 1 N–H and O–H groups in total. The Kier molecular flexibility index (Phi) is 6.04. The minimum absolute atomic E-state index is 0.221. The molecule has 4 aromatic rings. The Balaban J connectivity index is 1.40. The van der Waals surface area contributed by atoms with Crippen LogP contribution in [0.1, 0.15) is 5.56 Å². The van der Waals surface area contributed by atoms with Crippen molar-refractivity contribution in [3.8, 4) is 11.3 Å². The van der Waals surface area contributed by atoms with E-state index in [4.69, 9.17) is 9.72 Å². The number of benzene rings is 2. The fourth-order valence-corrected chi connectivity index (χ4v) is 4.91. The molecule has 1 aliphatic heterocycles.